The van der Waals surface area contributed by atoms with Gasteiger partial charge in [-0.1, -0.05) is 41.8 Å². The van der Waals surface area contributed by atoms with Crippen LogP contribution in [0.4, 0.5) is 11.4 Å². The summed E-state index contributed by atoms with van der Waals surface area (Å²) in [5, 5.41) is 14.6. The van der Waals surface area contributed by atoms with E-state index in [1.807, 2.05) is 12.1 Å². The summed E-state index contributed by atoms with van der Waals surface area (Å²) < 4.78 is 11.0. The molecule has 8 heteroatoms. The molecule has 0 unspecified atom stereocenters. The Morgan fingerprint density at radius 3 is 2.54 bits per heavy atom. The Morgan fingerprint density at radius 1 is 1.06 bits per heavy atom. The molecule has 0 saturated carbocycles. The topological polar surface area (TPSA) is 70.4 Å². The van der Waals surface area contributed by atoms with Crippen LogP contribution >= 0.6 is 23.2 Å². The van der Waals surface area contributed by atoms with Crippen LogP contribution in [0.2, 0.25) is 10.0 Å². The van der Waals surface area contributed by atoms with Crippen molar-refractivity contribution >= 4 is 51.6 Å². The van der Waals surface area contributed by atoms with E-state index in [0.29, 0.717) is 38.5 Å². The number of pyridine rings is 1. The van der Waals surface area contributed by atoms with Crippen molar-refractivity contribution in [2.24, 2.45) is 0 Å². The lowest BCUT2D eigenvalue weighted by Gasteiger charge is -2.25. The summed E-state index contributed by atoms with van der Waals surface area (Å²) in [5.41, 5.74) is 3.21. The Morgan fingerprint density at radius 2 is 1.83 bits per heavy atom. The Labute approximate surface area is 216 Å². The van der Waals surface area contributed by atoms with Gasteiger partial charge in [-0.05, 0) is 50.6 Å². The second kappa shape index (κ2) is 11.6. The van der Waals surface area contributed by atoms with Crippen LogP contribution in [0.5, 0.6) is 11.5 Å². The van der Waals surface area contributed by atoms with E-state index in [4.69, 9.17) is 32.7 Å². The Balaban J connectivity index is 1.66. The maximum Gasteiger partial charge on any atom is 0.139 e. The van der Waals surface area contributed by atoms with Crippen LogP contribution in [0.25, 0.3) is 17.0 Å². The number of likely N-dealkylation sites (tertiary alicyclic amines) is 1. The molecular formula is C27H28Cl2N4O2. The van der Waals surface area contributed by atoms with Gasteiger partial charge < -0.3 is 19.7 Å². The molecule has 0 bridgehead atoms. The molecule has 0 radical (unpaired) electrons. The maximum absolute atomic E-state index is 9.75. The Hall–Kier alpha value is -2.98. The van der Waals surface area contributed by atoms with Gasteiger partial charge in [0.1, 0.15) is 17.6 Å². The smallest absolute Gasteiger partial charge is 0.139 e. The minimum Gasteiger partial charge on any atom is -0.496 e. The molecule has 1 aromatic heterocycles. The highest BCUT2D eigenvalue weighted by Crippen LogP contribution is 2.39. The number of piperidine rings is 1. The molecule has 0 amide bonds. The van der Waals surface area contributed by atoms with Gasteiger partial charge in [-0.15, -0.1) is 0 Å². The predicted molar refractivity (Wildman–Crippen MR) is 143 cm³/mol. The number of nitrogens with one attached hydrogen (secondary N) is 1. The molecule has 2 heterocycles. The molecule has 1 saturated heterocycles. The first-order valence-corrected chi connectivity index (χ1v) is 12.4. The standard InChI is InChI=1S/C27H28Cl2N4O2/c1-34-25-13-20-23(12-18(25)8-4-7-11-33-9-5-3-6-10-33)31-17-19(16-30)27(20)32-24-15-26(35-2)22(29)14-21(24)28/h4,8,12-15,17H,3,5-7,9-11H2,1-2H3,(H,31,32)/b8-4+. The molecule has 0 spiro atoms. The Bertz CT molecular complexity index is 1280. The third-order valence-corrected chi connectivity index (χ3v) is 6.81. The van der Waals surface area contributed by atoms with Gasteiger partial charge in [0.15, 0.2) is 0 Å². The number of fused-ring (bicyclic) bond motifs is 1. The number of halogens is 2. The fraction of sp³-hybridized carbons (Fsp3) is 0.333. The molecule has 1 aliphatic rings. The zero-order valence-corrected chi connectivity index (χ0v) is 21.4. The van der Waals surface area contributed by atoms with E-state index in [1.165, 1.54) is 39.5 Å². The van der Waals surface area contributed by atoms with Crippen LogP contribution in [0, 0.1) is 11.3 Å². The van der Waals surface area contributed by atoms with Crippen molar-refractivity contribution in [3.05, 3.63) is 57.7 Å². The summed E-state index contributed by atoms with van der Waals surface area (Å²) in [6, 6.07) is 9.39. The first kappa shape index (κ1) is 25.1. The van der Waals surface area contributed by atoms with Gasteiger partial charge in [0.2, 0.25) is 0 Å². The largest absolute Gasteiger partial charge is 0.496 e. The van der Waals surface area contributed by atoms with Crippen LogP contribution in [-0.4, -0.2) is 43.7 Å². The number of aromatic nitrogens is 1. The van der Waals surface area contributed by atoms with Gasteiger partial charge in [0, 0.05) is 29.8 Å². The first-order chi connectivity index (χ1) is 17.0. The molecule has 3 aromatic rings. The molecular weight excluding hydrogens is 483 g/mol. The quantitative estimate of drug-likeness (QED) is 0.349. The van der Waals surface area contributed by atoms with E-state index in [2.05, 4.69) is 33.4 Å². The summed E-state index contributed by atoms with van der Waals surface area (Å²) in [6.45, 7) is 3.45. The summed E-state index contributed by atoms with van der Waals surface area (Å²) in [6.07, 6.45) is 10.7. The molecule has 0 aliphatic carbocycles. The number of benzene rings is 2. The third kappa shape index (κ3) is 5.82. The van der Waals surface area contributed by atoms with Gasteiger partial charge in [0.25, 0.3) is 0 Å². The molecule has 182 valence electrons. The Kier molecular flexibility index (Phi) is 8.35. The van der Waals surface area contributed by atoms with Crippen LogP contribution in [0.3, 0.4) is 0 Å². The number of hydrogen-bond acceptors (Lipinski definition) is 6. The SMILES string of the molecule is COc1cc(Nc2c(C#N)cnc3cc(/C=C/CCN4CCCCC4)c(OC)cc23)c(Cl)cc1Cl. The average Bonchev–Trinajstić information content (AvgIpc) is 2.88. The van der Waals surface area contributed by atoms with Gasteiger partial charge in [-0.25, -0.2) is 0 Å². The monoisotopic (exact) mass is 510 g/mol. The number of hydrogen-bond donors (Lipinski definition) is 1. The van der Waals surface area contributed by atoms with E-state index >= 15 is 0 Å². The molecule has 2 aromatic carbocycles. The van der Waals surface area contributed by atoms with Crippen molar-refractivity contribution in [2.75, 3.05) is 39.2 Å². The van der Waals surface area contributed by atoms with Gasteiger partial charge >= 0.3 is 0 Å². The van der Waals surface area contributed by atoms with E-state index in [9.17, 15) is 5.26 Å². The van der Waals surface area contributed by atoms with Crippen molar-refractivity contribution in [3.63, 3.8) is 0 Å². The lowest BCUT2D eigenvalue weighted by atomic mass is 10.0. The lowest BCUT2D eigenvalue weighted by molar-refractivity contribution is 0.233. The van der Waals surface area contributed by atoms with Crippen molar-refractivity contribution in [1.29, 1.82) is 5.26 Å². The van der Waals surface area contributed by atoms with E-state index in [0.717, 1.165) is 29.4 Å². The average molecular weight is 511 g/mol. The summed E-state index contributed by atoms with van der Waals surface area (Å²) in [5.74, 6) is 1.18. The van der Waals surface area contributed by atoms with Crippen molar-refractivity contribution < 1.29 is 9.47 Å². The number of anilines is 2. The molecule has 1 fully saturated rings. The van der Waals surface area contributed by atoms with Crippen LogP contribution in [0.1, 0.15) is 36.8 Å². The summed E-state index contributed by atoms with van der Waals surface area (Å²) >= 11 is 12.6. The predicted octanol–water partition coefficient (Wildman–Crippen LogP) is 7.06. The number of methoxy groups -OCH3 is 2. The number of nitriles is 1. The summed E-state index contributed by atoms with van der Waals surface area (Å²) in [4.78, 5) is 7.04. The fourth-order valence-electron chi connectivity index (χ4n) is 4.33. The van der Waals surface area contributed by atoms with Crippen LogP contribution < -0.4 is 14.8 Å². The highest BCUT2D eigenvalue weighted by Gasteiger charge is 2.16. The van der Waals surface area contributed by atoms with Gasteiger partial charge in [0.05, 0.1) is 46.7 Å². The van der Waals surface area contributed by atoms with E-state index in [1.54, 1.807) is 25.4 Å². The summed E-state index contributed by atoms with van der Waals surface area (Å²) in [7, 11) is 3.18. The van der Waals surface area contributed by atoms with E-state index in [-0.39, 0.29) is 0 Å². The molecule has 35 heavy (non-hydrogen) atoms. The van der Waals surface area contributed by atoms with E-state index < -0.39 is 0 Å². The maximum atomic E-state index is 9.75. The molecule has 1 N–H and O–H groups in total. The molecule has 4 rings (SSSR count). The first-order valence-electron chi connectivity index (χ1n) is 11.6. The fourth-order valence-corrected chi connectivity index (χ4v) is 4.84. The van der Waals surface area contributed by atoms with Crippen LogP contribution in [0.15, 0.2) is 36.5 Å². The highest BCUT2D eigenvalue weighted by atomic mass is 35.5. The molecule has 6 nitrogen and oxygen atoms in total. The number of ether oxygens (including phenoxy) is 2. The van der Waals surface area contributed by atoms with Gasteiger partial charge in [-0.2, -0.15) is 5.26 Å². The van der Waals surface area contributed by atoms with Crippen LogP contribution in [-0.2, 0) is 0 Å². The lowest BCUT2D eigenvalue weighted by Crippen LogP contribution is -2.30. The highest BCUT2D eigenvalue weighted by molar-refractivity contribution is 6.37. The zero-order chi connectivity index (χ0) is 24.8. The number of nitrogens with zero attached hydrogens (tertiary/aromatic N) is 3. The molecule has 0 atom stereocenters. The van der Waals surface area contributed by atoms with Gasteiger partial charge in [-0.3, -0.25) is 4.98 Å². The third-order valence-electron chi connectivity index (χ3n) is 6.20. The normalized spacial score (nSPS) is 14.3. The molecule has 1 aliphatic heterocycles. The minimum absolute atomic E-state index is 0.384. The number of rotatable bonds is 8. The van der Waals surface area contributed by atoms with Crippen molar-refractivity contribution in [3.8, 4) is 17.6 Å². The zero-order valence-electron chi connectivity index (χ0n) is 19.9. The minimum atomic E-state index is 0.384. The van der Waals surface area contributed by atoms with Crippen molar-refractivity contribution in [2.45, 2.75) is 25.7 Å². The second-order valence-corrected chi connectivity index (χ2v) is 9.27. The second-order valence-electron chi connectivity index (χ2n) is 8.45. The van der Waals surface area contributed by atoms with Crippen molar-refractivity contribution in [1.82, 2.24) is 9.88 Å².